The fourth-order valence-corrected chi connectivity index (χ4v) is 1.85. The minimum Gasteiger partial charge on any atom is -0.396 e. The van der Waals surface area contributed by atoms with Gasteiger partial charge < -0.3 is 15.3 Å². The molecule has 1 saturated heterocycles. The van der Waals surface area contributed by atoms with Crippen molar-refractivity contribution in [1.82, 2.24) is 10.2 Å². The zero-order valence-corrected chi connectivity index (χ0v) is 8.63. The third kappa shape index (κ3) is 4.07. The number of rotatable bonds is 6. The van der Waals surface area contributed by atoms with Gasteiger partial charge in [0.05, 0.1) is 0 Å². The summed E-state index contributed by atoms with van der Waals surface area (Å²) in [5.41, 5.74) is 0. The van der Waals surface area contributed by atoms with Gasteiger partial charge in [0.25, 0.3) is 0 Å². The molecule has 0 bridgehead atoms. The molecule has 0 amide bonds. The maximum Gasteiger partial charge on any atom is 0.0431 e. The molecule has 0 aromatic carbocycles. The molecule has 13 heavy (non-hydrogen) atoms. The number of nitrogens with one attached hydrogen (secondary N) is 1. The van der Waals surface area contributed by atoms with Crippen LogP contribution < -0.4 is 5.32 Å². The summed E-state index contributed by atoms with van der Waals surface area (Å²) < 4.78 is 0. The average molecular weight is 186 g/mol. The topological polar surface area (TPSA) is 35.5 Å². The number of aliphatic hydroxyl groups excluding tert-OH is 1. The molecule has 0 radical (unpaired) electrons. The molecule has 1 fully saturated rings. The lowest BCUT2D eigenvalue weighted by Crippen LogP contribution is -2.34. The molecular formula is C10H22N2O. The highest BCUT2D eigenvalue weighted by Crippen LogP contribution is 2.07. The van der Waals surface area contributed by atoms with E-state index in [0.29, 0.717) is 6.61 Å². The fourth-order valence-electron chi connectivity index (χ4n) is 1.85. The number of unbranched alkanes of at least 4 members (excludes halogenated alkanes) is 2. The van der Waals surface area contributed by atoms with Gasteiger partial charge in [-0.2, -0.15) is 0 Å². The van der Waals surface area contributed by atoms with E-state index >= 15 is 0 Å². The van der Waals surface area contributed by atoms with Crippen LogP contribution in [0.4, 0.5) is 0 Å². The number of hydrogen-bond acceptors (Lipinski definition) is 3. The lowest BCUT2D eigenvalue weighted by Gasteiger charge is -2.23. The molecule has 78 valence electrons. The summed E-state index contributed by atoms with van der Waals surface area (Å²) in [7, 11) is 2.20. The third-order valence-electron chi connectivity index (χ3n) is 2.83. The number of likely N-dealkylation sites (N-methyl/N-ethyl adjacent to an activating group) is 1. The lowest BCUT2D eigenvalue weighted by atomic mass is 10.2. The van der Waals surface area contributed by atoms with Gasteiger partial charge >= 0.3 is 0 Å². The van der Waals surface area contributed by atoms with Crippen LogP contribution in [0, 0.1) is 0 Å². The molecule has 0 aromatic rings. The number of hydrogen-bond donors (Lipinski definition) is 2. The van der Waals surface area contributed by atoms with Gasteiger partial charge in [0.1, 0.15) is 0 Å². The highest BCUT2D eigenvalue weighted by atomic mass is 16.2. The van der Waals surface area contributed by atoms with Gasteiger partial charge in [0.15, 0.2) is 0 Å². The normalized spacial score (nSPS) is 22.8. The van der Waals surface area contributed by atoms with E-state index in [9.17, 15) is 0 Å². The Balaban J connectivity index is 1.99. The van der Waals surface area contributed by atoms with Crippen LogP contribution in [0.1, 0.15) is 25.7 Å². The van der Waals surface area contributed by atoms with Crippen molar-refractivity contribution in [2.75, 3.05) is 33.3 Å². The summed E-state index contributed by atoms with van der Waals surface area (Å²) in [6.07, 6.45) is 4.61. The SMILES string of the molecule is CN(CCCCCO)C1CCNC1. The Labute approximate surface area is 81.1 Å². The van der Waals surface area contributed by atoms with Gasteiger partial charge in [-0.1, -0.05) is 0 Å². The van der Waals surface area contributed by atoms with Crippen LogP contribution in [0.2, 0.25) is 0 Å². The maximum atomic E-state index is 8.62. The van der Waals surface area contributed by atoms with Crippen molar-refractivity contribution < 1.29 is 5.11 Å². The van der Waals surface area contributed by atoms with Crippen molar-refractivity contribution in [3.05, 3.63) is 0 Å². The van der Waals surface area contributed by atoms with Crippen LogP contribution in [-0.4, -0.2) is 49.3 Å². The summed E-state index contributed by atoms with van der Waals surface area (Å²) in [6.45, 7) is 3.84. The Morgan fingerprint density at radius 2 is 2.23 bits per heavy atom. The molecular weight excluding hydrogens is 164 g/mol. The Hall–Kier alpha value is -0.120. The Bertz CT molecular complexity index is 124. The Morgan fingerprint density at radius 1 is 1.38 bits per heavy atom. The molecule has 3 heteroatoms. The first-order valence-electron chi connectivity index (χ1n) is 5.36. The monoisotopic (exact) mass is 186 g/mol. The lowest BCUT2D eigenvalue weighted by molar-refractivity contribution is 0.241. The van der Waals surface area contributed by atoms with Crippen molar-refractivity contribution >= 4 is 0 Å². The number of aliphatic hydroxyl groups is 1. The van der Waals surface area contributed by atoms with Gasteiger partial charge in [0, 0.05) is 19.2 Å². The van der Waals surface area contributed by atoms with E-state index in [1.165, 1.54) is 25.9 Å². The zero-order chi connectivity index (χ0) is 9.52. The predicted octanol–water partition coefficient (Wildman–Crippen LogP) is 0.443. The van der Waals surface area contributed by atoms with Gasteiger partial charge in [-0.05, 0) is 45.8 Å². The molecule has 1 heterocycles. The predicted molar refractivity (Wildman–Crippen MR) is 54.8 cm³/mol. The molecule has 1 unspecified atom stereocenters. The molecule has 0 spiro atoms. The summed E-state index contributed by atoms with van der Waals surface area (Å²) in [6, 6.07) is 0.745. The quantitative estimate of drug-likeness (QED) is 0.591. The summed E-state index contributed by atoms with van der Waals surface area (Å²) >= 11 is 0. The van der Waals surface area contributed by atoms with E-state index in [-0.39, 0.29) is 0 Å². The molecule has 0 saturated carbocycles. The smallest absolute Gasteiger partial charge is 0.0431 e. The fraction of sp³-hybridized carbons (Fsp3) is 1.00. The van der Waals surface area contributed by atoms with Crippen LogP contribution in [0.3, 0.4) is 0 Å². The Morgan fingerprint density at radius 3 is 2.85 bits per heavy atom. The number of nitrogens with zero attached hydrogens (tertiary/aromatic N) is 1. The first kappa shape index (κ1) is 11.0. The second-order valence-corrected chi connectivity index (χ2v) is 3.91. The van der Waals surface area contributed by atoms with E-state index in [0.717, 1.165) is 25.4 Å². The average Bonchev–Trinajstić information content (AvgIpc) is 2.65. The molecule has 1 atom stereocenters. The van der Waals surface area contributed by atoms with Crippen LogP contribution in [-0.2, 0) is 0 Å². The Kier molecular flexibility index (Phi) is 5.35. The van der Waals surface area contributed by atoms with Crippen LogP contribution in [0.15, 0.2) is 0 Å². The van der Waals surface area contributed by atoms with E-state index in [1.807, 2.05) is 0 Å². The third-order valence-corrected chi connectivity index (χ3v) is 2.83. The highest BCUT2D eigenvalue weighted by molar-refractivity contribution is 4.78. The van der Waals surface area contributed by atoms with Crippen molar-refractivity contribution in [2.45, 2.75) is 31.7 Å². The second-order valence-electron chi connectivity index (χ2n) is 3.91. The van der Waals surface area contributed by atoms with Gasteiger partial charge in [0.2, 0.25) is 0 Å². The van der Waals surface area contributed by atoms with Crippen molar-refractivity contribution in [3.63, 3.8) is 0 Å². The molecule has 0 aliphatic carbocycles. The molecule has 1 aliphatic rings. The molecule has 2 N–H and O–H groups in total. The van der Waals surface area contributed by atoms with Gasteiger partial charge in [-0.3, -0.25) is 0 Å². The molecule has 0 aromatic heterocycles. The minimum absolute atomic E-state index is 0.342. The van der Waals surface area contributed by atoms with Crippen molar-refractivity contribution in [2.24, 2.45) is 0 Å². The van der Waals surface area contributed by atoms with E-state index < -0.39 is 0 Å². The zero-order valence-electron chi connectivity index (χ0n) is 8.63. The largest absolute Gasteiger partial charge is 0.396 e. The first-order chi connectivity index (χ1) is 6.34. The van der Waals surface area contributed by atoms with Gasteiger partial charge in [-0.25, -0.2) is 0 Å². The van der Waals surface area contributed by atoms with E-state index in [4.69, 9.17) is 5.11 Å². The summed E-state index contributed by atoms with van der Waals surface area (Å²) in [5, 5.41) is 12.0. The van der Waals surface area contributed by atoms with Crippen LogP contribution in [0.5, 0.6) is 0 Å². The van der Waals surface area contributed by atoms with Crippen molar-refractivity contribution in [1.29, 1.82) is 0 Å². The highest BCUT2D eigenvalue weighted by Gasteiger charge is 2.17. The van der Waals surface area contributed by atoms with Crippen LogP contribution >= 0.6 is 0 Å². The van der Waals surface area contributed by atoms with E-state index in [1.54, 1.807) is 0 Å². The molecule has 3 nitrogen and oxygen atoms in total. The first-order valence-corrected chi connectivity index (χ1v) is 5.36. The van der Waals surface area contributed by atoms with Crippen LogP contribution in [0.25, 0.3) is 0 Å². The van der Waals surface area contributed by atoms with Gasteiger partial charge in [-0.15, -0.1) is 0 Å². The van der Waals surface area contributed by atoms with Crippen molar-refractivity contribution in [3.8, 4) is 0 Å². The maximum absolute atomic E-state index is 8.62. The minimum atomic E-state index is 0.342. The van der Waals surface area contributed by atoms with E-state index in [2.05, 4.69) is 17.3 Å². The molecule has 1 rings (SSSR count). The standard InChI is InChI=1S/C10H22N2O/c1-12(7-3-2-4-8-13)10-5-6-11-9-10/h10-11,13H,2-9H2,1H3. The summed E-state index contributed by atoms with van der Waals surface area (Å²) in [4.78, 5) is 2.44. The second kappa shape index (κ2) is 6.35. The molecule has 1 aliphatic heterocycles. The summed E-state index contributed by atoms with van der Waals surface area (Å²) in [5.74, 6) is 0.